The van der Waals surface area contributed by atoms with Gasteiger partial charge in [0.2, 0.25) is 0 Å². The van der Waals surface area contributed by atoms with Crippen molar-refractivity contribution in [2.45, 2.75) is 39.7 Å². The van der Waals surface area contributed by atoms with Gasteiger partial charge in [0, 0.05) is 18.0 Å². The van der Waals surface area contributed by atoms with E-state index in [1.807, 2.05) is 6.92 Å². The quantitative estimate of drug-likeness (QED) is 0.911. The maximum atomic E-state index is 11.5. The molecule has 4 heteroatoms. The summed E-state index contributed by atoms with van der Waals surface area (Å²) < 4.78 is 0. The Bertz CT molecular complexity index is 429. The molecule has 0 spiro atoms. The second-order valence-electron chi connectivity index (χ2n) is 5.28. The molecule has 2 heterocycles. The van der Waals surface area contributed by atoms with Crippen LogP contribution in [0.1, 0.15) is 36.6 Å². The highest BCUT2D eigenvalue weighted by Gasteiger charge is 2.40. The Morgan fingerprint density at radius 1 is 1.61 bits per heavy atom. The van der Waals surface area contributed by atoms with Crippen LogP contribution in [0.4, 0.5) is 0 Å². The topological polar surface area (TPSA) is 40.5 Å². The minimum absolute atomic E-state index is 0.524. The second-order valence-corrected chi connectivity index (χ2v) is 6.28. The van der Waals surface area contributed by atoms with Gasteiger partial charge >= 0.3 is 5.97 Å². The fourth-order valence-corrected chi connectivity index (χ4v) is 3.69. The van der Waals surface area contributed by atoms with Crippen LogP contribution >= 0.6 is 11.3 Å². The number of carbonyl (C=O) groups is 1. The zero-order valence-electron chi connectivity index (χ0n) is 11.1. The number of aliphatic carboxylic acids is 1. The van der Waals surface area contributed by atoms with Crippen LogP contribution in [0.2, 0.25) is 0 Å². The van der Waals surface area contributed by atoms with Crippen LogP contribution in [0.15, 0.2) is 11.4 Å². The molecule has 0 aromatic carbocycles. The minimum Gasteiger partial charge on any atom is -0.481 e. The molecule has 1 aliphatic rings. The molecule has 1 aliphatic heterocycles. The lowest BCUT2D eigenvalue weighted by Gasteiger charge is -2.39. The monoisotopic (exact) mass is 267 g/mol. The van der Waals surface area contributed by atoms with E-state index in [1.165, 1.54) is 10.4 Å². The van der Waals surface area contributed by atoms with E-state index in [4.69, 9.17) is 0 Å². The zero-order valence-corrected chi connectivity index (χ0v) is 11.9. The van der Waals surface area contributed by atoms with Crippen molar-refractivity contribution in [3.8, 4) is 0 Å². The molecule has 0 aliphatic carbocycles. The third kappa shape index (κ3) is 2.59. The largest absolute Gasteiger partial charge is 0.481 e. The van der Waals surface area contributed by atoms with E-state index in [2.05, 4.69) is 23.3 Å². The van der Waals surface area contributed by atoms with E-state index in [-0.39, 0.29) is 0 Å². The number of hydrogen-bond acceptors (Lipinski definition) is 3. The Morgan fingerprint density at radius 3 is 2.94 bits per heavy atom. The fourth-order valence-electron chi connectivity index (χ4n) is 2.75. The van der Waals surface area contributed by atoms with Crippen LogP contribution in [0.3, 0.4) is 0 Å². The number of thiophene rings is 1. The first-order valence-corrected chi connectivity index (χ1v) is 7.44. The van der Waals surface area contributed by atoms with Crippen molar-refractivity contribution in [2.75, 3.05) is 13.1 Å². The van der Waals surface area contributed by atoms with Gasteiger partial charge in [0.15, 0.2) is 0 Å². The molecule has 1 aromatic rings. The van der Waals surface area contributed by atoms with Crippen molar-refractivity contribution >= 4 is 17.3 Å². The molecule has 1 N–H and O–H groups in total. The van der Waals surface area contributed by atoms with E-state index < -0.39 is 11.4 Å². The summed E-state index contributed by atoms with van der Waals surface area (Å²) in [5, 5.41) is 11.6. The lowest BCUT2D eigenvalue weighted by atomic mass is 9.77. The van der Waals surface area contributed by atoms with E-state index in [0.717, 1.165) is 32.4 Å². The molecule has 1 atom stereocenters. The normalized spacial score (nSPS) is 25.2. The lowest BCUT2D eigenvalue weighted by Crippen LogP contribution is -2.47. The maximum absolute atomic E-state index is 11.5. The van der Waals surface area contributed by atoms with Gasteiger partial charge in [0.05, 0.1) is 5.41 Å². The van der Waals surface area contributed by atoms with Gasteiger partial charge in [-0.05, 0) is 49.7 Å². The molecule has 0 bridgehead atoms. The SMILES string of the molecule is CCC1(C(=O)O)CCCN(Cc2sccc2C)C1. The molecular formula is C14H21NO2S. The Morgan fingerprint density at radius 2 is 2.39 bits per heavy atom. The number of hydrogen-bond donors (Lipinski definition) is 1. The number of aryl methyl sites for hydroxylation is 1. The molecule has 18 heavy (non-hydrogen) atoms. The van der Waals surface area contributed by atoms with Gasteiger partial charge in [0.25, 0.3) is 0 Å². The molecule has 3 nitrogen and oxygen atoms in total. The van der Waals surface area contributed by atoms with Gasteiger partial charge in [-0.1, -0.05) is 6.92 Å². The van der Waals surface area contributed by atoms with Gasteiger partial charge in [-0.15, -0.1) is 11.3 Å². The average molecular weight is 267 g/mol. The fraction of sp³-hybridized carbons (Fsp3) is 0.643. The van der Waals surface area contributed by atoms with Crippen molar-refractivity contribution < 1.29 is 9.90 Å². The lowest BCUT2D eigenvalue weighted by molar-refractivity contribution is -0.153. The summed E-state index contributed by atoms with van der Waals surface area (Å²) in [5.41, 5.74) is 0.798. The molecule has 1 aromatic heterocycles. The Balaban J connectivity index is 2.07. The molecule has 1 unspecified atom stereocenters. The van der Waals surface area contributed by atoms with Crippen LogP contribution in [0, 0.1) is 12.3 Å². The molecule has 0 amide bonds. The van der Waals surface area contributed by atoms with Crippen molar-refractivity contribution in [3.63, 3.8) is 0 Å². The summed E-state index contributed by atoms with van der Waals surface area (Å²) in [4.78, 5) is 15.2. The second kappa shape index (κ2) is 5.41. The summed E-state index contributed by atoms with van der Waals surface area (Å²) in [6.07, 6.45) is 2.53. The van der Waals surface area contributed by atoms with Crippen LogP contribution in [-0.4, -0.2) is 29.1 Å². The van der Waals surface area contributed by atoms with Crippen LogP contribution in [-0.2, 0) is 11.3 Å². The molecule has 1 fully saturated rings. The molecule has 2 rings (SSSR count). The van der Waals surface area contributed by atoms with Gasteiger partial charge in [-0.3, -0.25) is 9.69 Å². The third-order valence-corrected chi connectivity index (χ3v) is 5.13. The third-order valence-electron chi connectivity index (χ3n) is 4.12. The van der Waals surface area contributed by atoms with Crippen LogP contribution in [0.25, 0.3) is 0 Å². The number of likely N-dealkylation sites (tertiary alicyclic amines) is 1. The van der Waals surface area contributed by atoms with E-state index in [0.29, 0.717) is 6.54 Å². The van der Waals surface area contributed by atoms with Crippen molar-refractivity contribution in [1.29, 1.82) is 0 Å². The Kier molecular flexibility index (Phi) is 4.07. The smallest absolute Gasteiger partial charge is 0.310 e. The number of rotatable bonds is 4. The standard InChI is InChI=1S/C14H21NO2S/c1-3-14(13(16)17)6-4-7-15(10-14)9-12-11(2)5-8-18-12/h5,8H,3-4,6-7,9-10H2,1-2H3,(H,16,17). The Labute approximate surface area is 112 Å². The van der Waals surface area contributed by atoms with Crippen molar-refractivity contribution in [3.05, 3.63) is 21.9 Å². The predicted octanol–water partition coefficient (Wildman–Crippen LogP) is 3.13. The highest BCUT2D eigenvalue weighted by atomic mass is 32.1. The van der Waals surface area contributed by atoms with Gasteiger partial charge in [-0.2, -0.15) is 0 Å². The maximum Gasteiger partial charge on any atom is 0.310 e. The van der Waals surface area contributed by atoms with Gasteiger partial charge < -0.3 is 5.11 Å². The molecule has 0 radical (unpaired) electrons. The summed E-state index contributed by atoms with van der Waals surface area (Å²) in [5.74, 6) is -0.627. The molecule has 1 saturated heterocycles. The average Bonchev–Trinajstić information content (AvgIpc) is 2.75. The molecular weight excluding hydrogens is 246 g/mol. The van der Waals surface area contributed by atoms with E-state index in [9.17, 15) is 9.90 Å². The predicted molar refractivity (Wildman–Crippen MR) is 73.9 cm³/mol. The summed E-state index contributed by atoms with van der Waals surface area (Å²) in [6, 6.07) is 2.13. The van der Waals surface area contributed by atoms with Gasteiger partial charge in [-0.25, -0.2) is 0 Å². The van der Waals surface area contributed by atoms with Crippen LogP contribution in [0.5, 0.6) is 0 Å². The summed E-state index contributed by atoms with van der Waals surface area (Å²) >= 11 is 1.77. The van der Waals surface area contributed by atoms with Crippen molar-refractivity contribution in [2.24, 2.45) is 5.41 Å². The first kappa shape index (κ1) is 13.6. The minimum atomic E-state index is -0.627. The highest BCUT2D eigenvalue weighted by molar-refractivity contribution is 7.10. The summed E-state index contributed by atoms with van der Waals surface area (Å²) in [6.45, 7) is 6.73. The summed E-state index contributed by atoms with van der Waals surface area (Å²) in [7, 11) is 0. The van der Waals surface area contributed by atoms with Gasteiger partial charge in [0.1, 0.15) is 0 Å². The first-order valence-electron chi connectivity index (χ1n) is 6.56. The zero-order chi connectivity index (χ0) is 13.2. The van der Waals surface area contributed by atoms with E-state index in [1.54, 1.807) is 11.3 Å². The number of carboxylic acids is 1. The van der Waals surface area contributed by atoms with E-state index >= 15 is 0 Å². The number of nitrogens with zero attached hydrogens (tertiary/aromatic N) is 1. The molecule has 100 valence electrons. The Hall–Kier alpha value is -0.870. The molecule has 0 saturated carbocycles. The highest BCUT2D eigenvalue weighted by Crippen LogP contribution is 2.34. The number of carboxylic acid groups (broad SMARTS) is 1. The number of piperidine rings is 1. The first-order chi connectivity index (χ1) is 8.57. The van der Waals surface area contributed by atoms with Crippen molar-refractivity contribution in [1.82, 2.24) is 4.90 Å². The van der Waals surface area contributed by atoms with Crippen LogP contribution < -0.4 is 0 Å².